The predicted octanol–water partition coefficient (Wildman–Crippen LogP) is 4.21. The highest BCUT2D eigenvalue weighted by Crippen LogP contribution is 2.23. The Morgan fingerprint density at radius 1 is 0.800 bits per heavy atom. The van der Waals surface area contributed by atoms with Crippen LogP contribution in [0.2, 0.25) is 0 Å². The Balaban J connectivity index is 0.00000112. The third kappa shape index (κ3) is 3.00. The van der Waals surface area contributed by atoms with Gasteiger partial charge in [0.05, 0.1) is 0 Å². The maximum atomic E-state index is 5.71. The summed E-state index contributed by atoms with van der Waals surface area (Å²) in [5, 5.41) is 0. The average Bonchev–Trinajstić information content (AvgIpc) is 2.23. The van der Waals surface area contributed by atoms with Crippen molar-refractivity contribution >= 4 is 12.4 Å². The lowest BCUT2D eigenvalue weighted by Crippen LogP contribution is -1.85. The van der Waals surface area contributed by atoms with Gasteiger partial charge in [0.2, 0.25) is 0 Å². The third-order valence-electron chi connectivity index (χ3n) is 2.06. The normalized spacial score (nSPS) is 9.13. The van der Waals surface area contributed by atoms with E-state index in [1.807, 2.05) is 61.5 Å². The third-order valence-corrected chi connectivity index (χ3v) is 2.06. The standard InChI is InChI=1S/C13H12O.ClH/c1-11-7-5-6-10-13(11)14-12-8-3-2-4-9-12;/h2-10H,1H3;1H. The van der Waals surface area contributed by atoms with Gasteiger partial charge in [-0.05, 0) is 30.7 Å². The first kappa shape index (κ1) is 11.6. The highest BCUT2D eigenvalue weighted by Gasteiger charge is 1.98. The van der Waals surface area contributed by atoms with Crippen LogP contribution in [0.1, 0.15) is 5.56 Å². The number of benzene rings is 2. The van der Waals surface area contributed by atoms with E-state index in [0.29, 0.717) is 0 Å². The molecule has 0 unspecified atom stereocenters. The molecule has 2 aromatic carbocycles. The molecule has 0 spiro atoms. The number of halogens is 1. The van der Waals surface area contributed by atoms with Crippen LogP contribution in [0.4, 0.5) is 0 Å². The molecule has 0 bridgehead atoms. The van der Waals surface area contributed by atoms with Gasteiger partial charge in [-0.1, -0.05) is 36.4 Å². The van der Waals surface area contributed by atoms with Crippen molar-refractivity contribution in [1.29, 1.82) is 0 Å². The van der Waals surface area contributed by atoms with E-state index in [1.165, 1.54) is 0 Å². The van der Waals surface area contributed by atoms with Crippen molar-refractivity contribution in [2.75, 3.05) is 0 Å². The number of ether oxygens (including phenoxy) is 1. The molecule has 78 valence electrons. The van der Waals surface area contributed by atoms with Crippen LogP contribution in [-0.2, 0) is 0 Å². The molecule has 0 aromatic heterocycles. The maximum absolute atomic E-state index is 5.71. The first-order chi connectivity index (χ1) is 6.86. The van der Waals surface area contributed by atoms with Crippen LogP contribution in [0.15, 0.2) is 54.6 Å². The fourth-order valence-corrected chi connectivity index (χ4v) is 1.29. The van der Waals surface area contributed by atoms with Gasteiger partial charge in [0.25, 0.3) is 0 Å². The summed E-state index contributed by atoms with van der Waals surface area (Å²) in [5.74, 6) is 1.79. The number of hydrogen-bond donors (Lipinski definition) is 0. The van der Waals surface area contributed by atoms with Gasteiger partial charge in [0.15, 0.2) is 0 Å². The minimum absolute atomic E-state index is 0. The number of para-hydroxylation sites is 2. The van der Waals surface area contributed by atoms with Crippen LogP contribution in [0.25, 0.3) is 0 Å². The molecule has 1 nitrogen and oxygen atoms in total. The van der Waals surface area contributed by atoms with E-state index >= 15 is 0 Å². The maximum Gasteiger partial charge on any atom is 0.130 e. The molecule has 0 radical (unpaired) electrons. The Kier molecular flexibility index (Phi) is 4.19. The fraction of sp³-hybridized carbons (Fsp3) is 0.0769. The van der Waals surface area contributed by atoms with E-state index < -0.39 is 0 Å². The Labute approximate surface area is 96.1 Å². The lowest BCUT2D eigenvalue weighted by Gasteiger charge is -2.07. The van der Waals surface area contributed by atoms with E-state index in [-0.39, 0.29) is 12.4 Å². The Bertz CT molecular complexity index is 412. The fourth-order valence-electron chi connectivity index (χ4n) is 1.29. The van der Waals surface area contributed by atoms with Gasteiger partial charge in [-0.15, -0.1) is 12.4 Å². The zero-order valence-corrected chi connectivity index (χ0v) is 9.33. The molecule has 0 aliphatic carbocycles. The number of rotatable bonds is 2. The zero-order chi connectivity index (χ0) is 9.80. The van der Waals surface area contributed by atoms with E-state index in [0.717, 1.165) is 17.1 Å². The molecule has 0 atom stereocenters. The topological polar surface area (TPSA) is 9.23 Å². The van der Waals surface area contributed by atoms with Crippen LogP contribution in [0, 0.1) is 6.92 Å². The first-order valence-corrected chi connectivity index (χ1v) is 4.65. The molecule has 15 heavy (non-hydrogen) atoms. The lowest BCUT2D eigenvalue weighted by molar-refractivity contribution is 0.479. The Hall–Kier alpha value is -1.47. The van der Waals surface area contributed by atoms with Crippen molar-refractivity contribution in [2.45, 2.75) is 6.92 Å². The van der Waals surface area contributed by atoms with Gasteiger partial charge in [0, 0.05) is 0 Å². The molecule has 0 aliphatic heterocycles. The zero-order valence-electron chi connectivity index (χ0n) is 8.51. The highest BCUT2D eigenvalue weighted by atomic mass is 35.5. The van der Waals surface area contributed by atoms with Crippen molar-refractivity contribution < 1.29 is 4.74 Å². The summed E-state index contributed by atoms with van der Waals surface area (Å²) in [6.07, 6.45) is 0. The molecular formula is C13H13ClO. The molecule has 0 saturated heterocycles. The van der Waals surface area contributed by atoms with Crippen molar-refractivity contribution in [2.24, 2.45) is 0 Å². The van der Waals surface area contributed by atoms with Gasteiger partial charge in [-0.3, -0.25) is 0 Å². The number of hydrogen-bond acceptors (Lipinski definition) is 1. The van der Waals surface area contributed by atoms with Crippen LogP contribution < -0.4 is 4.74 Å². The second-order valence-corrected chi connectivity index (χ2v) is 3.18. The van der Waals surface area contributed by atoms with Crippen LogP contribution in [0.3, 0.4) is 0 Å². The second-order valence-electron chi connectivity index (χ2n) is 3.18. The van der Waals surface area contributed by atoms with Crippen LogP contribution in [-0.4, -0.2) is 0 Å². The van der Waals surface area contributed by atoms with E-state index in [9.17, 15) is 0 Å². The Morgan fingerprint density at radius 2 is 1.40 bits per heavy atom. The molecular weight excluding hydrogens is 208 g/mol. The molecule has 0 N–H and O–H groups in total. The molecule has 0 aliphatic rings. The summed E-state index contributed by atoms with van der Waals surface area (Å²) in [5.41, 5.74) is 1.15. The summed E-state index contributed by atoms with van der Waals surface area (Å²) in [7, 11) is 0. The summed E-state index contributed by atoms with van der Waals surface area (Å²) < 4.78 is 5.71. The minimum Gasteiger partial charge on any atom is -0.457 e. The molecule has 2 rings (SSSR count). The summed E-state index contributed by atoms with van der Waals surface area (Å²) >= 11 is 0. The van der Waals surface area contributed by atoms with Gasteiger partial charge in [0.1, 0.15) is 11.5 Å². The van der Waals surface area contributed by atoms with Gasteiger partial charge < -0.3 is 4.74 Å². The highest BCUT2D eigenvalue weighted by molar-refractivity contribution is 5.85. The van der Waals surface area contributed by atoms with Crippen molar-refractivity contribution in [3.05, 3.63) is 60.2 Å². The smallest absolute Gasteiger partial charge is 0.130 e. The largest absolute Gasteiger partial charge is 0.457 e. The first-order valence-electron chi connectivity index (χ1n) is 4.65. The van der Waals surface area contributed by atoms with Gasteiger partial charge in [-0.25, -0.2) is 0 Å². The van der Waals surface area contributed by atoms with Crippen molar-refractivity contribution in [3.8, 4) is 11.5 Å². The monoisotopic (exact) mass is 220 g/mol. The molecule has 2 aromatic rings. The Morgan fingerprint density at radius 3 is 2.07 bits per heavy atom. The van der Waals surface area contributed by atoms with Crippen LogP contribution in [0.5, 0.6) is 11.5 Å². The van der Waals surface area contributed by atoms with Crippen molar-refractivity contribution in [1.82, 2.24) is 0 Å². The van der Waals surface area contributed by atoms with Gasteiger partial charge in [-0.2, -0.15) is 0 Å². The van der Waals surface area contributed by atoms with E-state index in [4.69, 9.17) is 4.74 Å². The summed E-state index contributed by atoms with van der Waals surface area (Å²) in [4.78, 5) is 0. The molecule has 2 heteroatoms. The van der Waals surface area contributed by atoms with E-state index in [1.54, 1.807) is 0 Å². The quantitative estimate of drug-likeness (QED) is 0.737. The summed E-state index contributed by atoms with van der Waals surface area (Å²) in [6.45, 7) is 2.04. The van der Waals surface area contributed by atoms with Gasteiger partial charge >= 0.3 is 0 Å². The van der Waals surface area contributed by atoms with Crippen molar-refractivity contribution in [3.63, 3.8) is 0 Å². The number of aryl methyl sites for hydroxylation is 1. The molecule has 0 fully saturated rings. The van der Waals surface area contributed by atoms with E-state index in [2.05, 4.69) is 0 Å². The lowest BCUT2D eigenvalue weighted by atomic mass is 10.2. The molecule has 0 amide bonds. The average molecular weight is 221 g/mol. The summed E-state index contributed by atoms with van der Waals surface area (Å²) in [6, 6.07) is 17.8. The second kappa shape index (κ2) is 5.42. The predicted molar refractivity (Wildman–Crippen MR) is 64.9 cm³/mol. The molecule has 0 saturated carbocycles. The minimum atomic E-state index is 0. The SMILES string of the molecule is Cc1ccccc1Oc1ccccc1.Cl. The molecule has 0 heterocycles. The van der Waals surface area contributed by atoms with Crippen LogP contribution >= 0.6 is 12.4 Å².